The Morgan fingerprint density at radius 2 is 0.698 bits per heavy atom. The topological polar surface area (TPSA) is 88.8 Å². The Morgan fingerprint density at radius 3 is 1.17 bits per heavy atom. The van der Waals surface area contributed by atoms with Gasteiger partial charge in [-0.3, -0.25) is 0 Å². The molecule has 0 amide bonds. The number of anilines is 6. The molecule has 0 fully saturated rings. The Balaban J connectivity index is 1.04. The summed E-state index contributed by atoms with van der Waals surface area (Å²) in [6.07, 6.45) is 0. The van der Waals surface area contributed by atoms with Crippen LogP contribution in [-0.4, -0.2) is 41.2 Å². The lowest BCUT2D eigenvalue weighted by Crippen LogP contribution is -2.61. The van der Waals surface area contributed by atoms with Crippen LogP contribution in [0.25, 0.3) is 118 Å². The molecule has 0 bridgehead atoms. The maximum absolute atomic E-state index is 9.91. The van der Waals surface area contributed by atoms with E-state index in [0.29, 0.717) is 63.1 Å². The molecular weight excluding hydrogens is 1290 g/mol. The van der Waals surface area contributed by atoms with Gasteiger partial charge in [-0.05, 0) is 133 Å². The second kappa shape index (κ2) is 25.6. The second-order valence-electron chi connectivity index (χ2n) is 30.5. The van der Waals surface area contributed by atoms with Crippen LogP contribution in [0, 0.1) is 0 Å². The van der Waals surface area contributed by atoms with E-state index >= 15 is 0 Å². The van der Waals surface area contributed by atoms with Crippen molar-refractivity contribution in [2.75, 3.05) is 9.80 Å². The minimum Gasteiger partial charge on any atom is -0.311 e. The third kappa shape index (κ3) is 11.5. The van der Waals surface area contributed by atoms with Gasteiger partial charge in [0.2, 0.25) is 0 Å². The zero-order chi connectivity index (χ0) is 79.1. The lowest BCUT2D eigenvalue weighted by molar-refractivity contribution is 0.590. The zero-order valence-electron chi connectivity index (χ0n) is 68.4. The highest BCUT2D eigenvalue weighted by atomic mass is 15.2. The maximum Gasteiger partial charge on any atom is 0.252 e. The largest absolute Gasteiger partial charge is 0.311 e. The molecule has 0 N–H and O–H groups in total. The molecule has 16 aromatic rings. The minimum absolute atomic E-state index is 0.0170. The Hall–Kier alpha value is -12.7. The fraction of sp³-hybridized carbons (Fsp3) is 0.125. The molecular formula is C96H78BN9. The minimum atomic E-state index is -0.566. The summed E-state index contributed by atoms with van der Waals surface area (Å²) < 4.78 is 77.6. The summed E-state index contributed by atoms with van der Waals surface area (Å²) in [5.41, 5.74) is 18.6. The van der Waals surface area contributed by atoms with Crippen LogP contribution in [0.4, 0.5) is 34.1 Å². The molecule has 106 heavy (non-hydrogen) atoms. The molecule has 0 unspecified atom stereocenters. The molecule has 0 radical (unpaired) electrons. The van der Waals surface area contributed by atoms with Gasteiger partial charge < -0.3 is 14.4 Å². The number of hydrogen-bond acceptors (Lipinski definition) is 8. The summed E-state index contributed by atoms with van der Waals surface area (Å²) in [4.78, 5) is 37.6. The van der Waals surface area contributed by atoms with Gasteiger partial charge in [0.1, 0.15) is 0 Å². The van der Waals surface area contributed by atoms with Crippen molar-refractivity contribution in [2.24, 2.45) is 0 Å². The second-order valence-corrected chi connectivity index (χ2v) is 30.5. The van der Waals surface area contributed by atoms with Crippen molar-refractivity contribution >= 4 is 79.0 Å². The monoisotopic (exact) mass is 1380 g/mol. The zero-order valence-corrected chi connectivity index (χ0v) is 60.4. The van der Waals surface area contributed by atoms with E-state index in [1.807, 2.05) is 152 Å². The fourth-order valence-electron chi connectivity index (χ4n) is 15.1. The smallest absolute Gasteiger partial charge is 0.252 e. The first kappa shape index (κ1) is 56.8. The Labute approximate surface area is 631 Å². The molecule has 0 saturated heterocycles. The van der Waals surface area contributed by atoms with E-state index in [1.54, 1.807) is 4.57 Å². The predicted molar refractivity (Wildman–Crippen MR) is 441 cm³/mol. The molecule has 5 heterocycles. The molecule has 0 spiro atoms. The van der Waals surface area contributed by atoms with Crippen molar-refractivity contribution in [3.05, 3.63) is 326 Å². The third-order valence-electron chi connectivity index (χ3n) is 20.6. The molecule has 0 aliphatic carbocycles. The summed E-state index contributed by atoms with van der Waals surface area (Å²) in [6, 6.07) is 85.8. The average Bonchev–Trinajstić information content (AvgIpc) is 1.02. The average molecular weight is 1380 g/mol. The maximum atomic E-state index is 9.91. The van der Waals surface area contributed by atoms with Gasteiger partial charge in [0.25, 0.3) is 6.71 Å². The van der Waals surface area contributed by atoms with Crippen LogP contribution in [0.15, 0.2) is 309 Å². The summed E-state index contributed by atoms with van der Waals surface area (Å²) in [6.45, 7) is 19.6. The molecule has 2 aliphatic heterocycles. The quantitative estimate of drug-likeness (QED) is 0.118. The first-order valence-electron chi connectivity index (χ1n) is 40.0. The number of rotatable bonds is 11. The van der Waals surface area contributed by atoms with Gasteiger partial charge in [-0.25, -0.2) is 29.9 Å². The lowest BCUT2D eigenvalue weighted by Gasteiger charge is -2.46. The van der Waals surface area contributed by atoms with Crippen molar-refractivity contribution in [1.29, 1.82) is 0 Å². The van der Waals surface area contributed by atoms with E-state index in [4.69, 9.17) is 32.6 Å². The van der Waals surface area contributed by atoms with E-state index < -0.39 is 60.5 Å². The van der Waals surface area contributed by atoms with Crippen LogP contribution in [0.5, 0.6) is 0 Å². The Kier molecular flexibility index (Phi) is 13.7. The first-order valence-corrected chi connectivity index (χ1v) is 36.0. The van der Waals surface area contributed by atoms with E-state index in [2.05, 4.69) is 181 Å². The summed E-state index contributed by atoms with van der Waals surface area (Å²) >= 11 is 0. The summed E-state index contributed by atoms with van der Waals surface area (Å²) in [5, 5.41) is -0.0794. The molecule has 0 atom stereocenters. The highest BCUT2D eigenvalue weighted by molar-refractivity contribution is 7.00. The normalized spacial score (nSPS) is 13.8. The molecule has 13 aromatic carbocycles. The molecule has 9 nitrogen and oxygen atoms in total. The van der Waals surface area contributed by atoms with Gasteiger partial charge in [-0.2, -0.15) is 0 Å². The molecule has 3 aromatic heterocycles. The van der Waals surface area contributed by atoms with Crippen LogP contribution in [0.2, 0.25) is 0 Å². The molecule has 2 aliphatic rings. The number of benzene rings is 13. The van der Waals surface area contributed by atoms with Crippen LogP contribution in [0.3, 0.4) is 0 Å². The number of para-hydroxylation sites is 3. The summed E-state index contributed by atoms with van der Waals surface area (Å²) in [7, 11) is 0. The molecule has 10 heteroatoms. The van der Waals surface area contributed by atoms with Crippen LogP contribution < -0.4 is 26.2 Å². The number of hydrogen-bond donors (Lipinski definition) is 0. The van der Waals surface area contributed by atoms with E-state index in [-0.39, 0.29) is 32.6 Å². The standard InChI is InChI=1S/C96H78BN9/c1-94(2,3)68-49-46-61(47-50-68)67-48-53-77-82(56-67)105(81-55-51-69(95(4,5)6)57-76(81)62-30-15-10-16-31-62)84-58-70(96(7,8)9)59-85-86(84)97(77)78-54-52-71(104-79-44-27-25-40-72(79)73-41-26-28-45-80(73)104)60-83(78)106(85)87-74(92-100-88(63-32-17-11-18-33-63)98-89(101-92)64-34-19-12-20-35-64)42-29-43-75(87)93-102-90(65-36-21-13-22-37-65)99-91(103-93)66-38-23-14-24-39-66/h10-60H,1-9H3/i25D,26D,27D,28D,40D,41D,44D,45D. The first-order chi connectivity index (χ1) is 54.8. The van der Waals surface area contributed by atoms with E-state index in [9.17, 15) is 8.22 Å². The molecule has 510 valence electrons. The number of aromatic nitrogens is 7. The van der Waals surface area contributed by atoms with Gasteiger partial charge in [0.05, 0.1) is 33.4 Å². The van der Waals surface area contributed by atoms with Gasteiger partial charge >= 0.3 is 0 Å². The number of fused-ring (bicyclic) bond motifs is 7. The third-order valence-corrected chi connectivity index (χ3v) is 20.6. The Bertz CT molecular complexity index is 6250. The summed E-state index contributed by atoms with van der Waals surface area (Å²) in [5.74, 6) is 2.32. The Morgan fingerprint density at radius 1 is 0.292 bits per heavy atom. The van der Waals surface area contributed by atoms with Gasteiger partial charge in [-0.1, -0.05) is 305 Å². The van der Waals surface area contributed by atoms with Crippen LogP contribution >= 0.6 is 0 Å². The van der Waals surface area contributed by atoms with Crippen molar-refractivity contribution in [1.82, 2.24) is 34.5 Å². The van der Waals surface area contributed by atoms with E-state index in [0.717, 1.165) is 89.2 Å². The van der Waals surface area contributed by atoms with Crippen molar-refractivity contribution in [3.8, 4) is 96.3 Å². The molecule has 18 rings (SSSR count). The number of nitrogens with zero attached hydrogens (tertiary/aromatic N) is 9. The van der Waals surface area contributed by atoms with Gasteiger partial charge in [-0.15, -0.1) is 0 Å². The van der Waals surface area contributed by atoms with Crippen molar-refractivity contribution < 1.29 is 11.0 Å². The SMILES string of the molecule is [2H]c1c([2H])c([2H])c2c(c1[2H])c1c([2H])c([2H])c([2H])c([2H])c1n2-c1ccc2c(c1)N(c1c(-c3nc(-c4ccccc4)nc(-c4ccccc4)n3)cccc1-c1nc(-c3ccccc3)nc(-c3ccccc3)n1)c1cc(C(C)(C)C)cc3c1B2c1ccc(-c2ccc(C(C)(C)C)cc2)cc1N3c1ccc(C(C)(C)C)cc1-c1ccccc1. The van der Waals surface area contributed by atoms with Crippen molar-refractivity contribution in [3.63, 3.8) is 0 Å². The van der Waals surface area contributed by atoms with E-state index in [1.165, 1.54) is 11.1 Å². The predicted octanol–water partition coefficient (Wildman–Crippen LogP) is 22.5. The van der Waals surface area contributed by atoms with Crippen LogP contribution in [0.1, 0.15) is 90.0 Å². The highest BCUT2D eigenvalue weighted by Gasteiger charge is 2.46. The van der Waals surface area contributed by atoms with Crippen molar-refractivity contribution in [2.45, 2.75) is 78.6 Å². The lowest BCUT2D eigenvalue weighted by atomic mass is 9.33. The fourth-order valence-corrected chi connectivity index (χ4v) is 15.1. The van der Waals surface area contributed by atoms with Gasteiger partial charge in [0.15, 0.2) is 34.9 Å². The van der Waals surface area contributed by atoms with Gasteiger partial charge in [0, 0.05) is 78.2 Å². The highest BCUT2D eigenvalue weighted by Crippen LogP contribution is 2.53. The van der Waals surface area contributed by atoms with Crippen LogP contribution in [-0.2, 0) is 16.2 Å². The molecule has 0 saturated carbocycles.